The van der Waals surface area contributed by atoms with Gasteiger partial charge in [-0.2, -0.15) is 0 Å². The van der Waals surface area contributed by atoms with Crippen LogP contribution in [0.15, 0.2) is 72.8 Å². The van der Waals surface area contributed by atoms with Crippen LogP contribution in [-0.4, -0.2) is 23.5 Å². The predicted octanol–water partition coefficient (Wildman–Crippen LogP) is 5.82. The molecule has 0 unspecified atom stereocenters. The zero-order chi connectivity index (χ0) is 23.4. The maximum atomic E-state index is 13.3. The first kappa shape index (κ1) is 22.7. The average Bonchev–Trinajstić information content (AvgIpc) is 2.81. The maximum Gasteiger partial charge on any atom is 0.339 e. The molecule has 8 heteroatoms. The van der Waals surface area contributed by atoms with E-state index in [2.05, 4.69) is 10.3 Å². The predicted molar refractivity (Wildman–Crippen MR) is 126 cm³/mol. The number of halogens is 3. The van der Waals surface area contributed by atoms with E-state index in [1.807, 2.05) is 0 Å². The summed E-state index contributed by atoms with van der Waals surface area (Å²) in [7, 11) is 0. The molecule has 3 aromatic carbocycles. The molecule has 0 bridgehead atoms. The Morgan fingerprint density at radius 3 is 2.48 bits per heavy atom. The molecule has 5 nitrogen and oxygen atoms in total. The quantitative estimate of drug-likeness (QED) is 0.351. The first-order valence-corrected chi connectivity index (χ1v) is 10.7. The molecule has 4 rings (SSSR count). The number of benzene rings is 3. The number of amides is 1. The normalized spacial score (nSPS) is 10.8. The van der Waals surface area contributed by atoms with Gasteiger partial charge in [-0.25, -0.2) is 14.2 Å². The van der Waals surface area contributed by atoms with E-state index >= 15 is 0 Å². The number of fused-ring (bicyclic) bond motifs is 1. The highest BCUT2D eigenvalue weighted by molar-refractivity contribution is 6.35. The van der Waals surface area contributed by atoms with Crippen molar-refractivity contribution in [1.29, 1.82) is 0 Å². The number of rotatable bonds is 6. The van der Waals surface area contributed by atoms with Crippen molar-refractivity contribution in [1.82, 2.24) is 10.3 Å². The Morgan fingerprint density at radius 2 is 1.73 bits per heavy atom. The molecular weight excluding hydrogens is 466 g/mol. The van der Waals surface area contributed by atoms with Gasteiger partial charge in [-0.3, -0.25) is 4.79 Å². The van der Waals surface area contributed by atoms with E-state index in [0.717, 1.165) is 0 Å². The minimum Gasteiger partial charge on any atom is -0.452 e. The van der Waals surface area contributed by atoms with Crippen molar-refractivity contribution in [2.45, 2.75) is 6.54 Å². The molecule has 166 valence electrons. The Labute approximate surface area is 199 Å². The molecule has 0 fully saturated rings. The topological polar surface area (TPSA) is 68.3 Å². The number of pyridine rings is 1. The summed E-state index contributed by atoms with van der Waals surface area (Å²) >= 11 is 12.0. The summed E-state index contributed by atoms with van der Waals surface area (Å²) in [5.74, 6) is -1.52. The van der Waals surface area contributed by atoms with Crippen LogP contribution in [0.2, 0.25) is 10.0 Å². The highest BCUT2D eigenvalue weighted by Crippen LogP contribution is 2.26. The van der Waals surface area contributed by atoms with Crippen molar-refractivity contribution in [3.63, 3.8) is 0 Å². The second kappa shape index (κ2) is 9.98. The molecule has 0 aliphatic rings. The van der Waals surface area contributed by atoms with Crippen molar-refractivity contribution < 1.29 is 18.7 Å². The fraction of sp³-hybridized carbons (Fsp3) is 0.0800. The number of nitrogens with zero attached hydrogens (tertiary/aromatic N) is 1. The molecule has 0 saturated heterocycles. The van der Waals surface area contributed by atoms with Gasteiger partial charge in [0.05, 0.1) is 16.8 Å². The summed E-state index contributed by atoms with van der Waals surface area (Å²) < 4.78 is 18.6. The first-order chi connectivity index (χ1) is 15.9. The minimum atomic E-state index is -0.670. The lowest BCUT2D eigenvalue weighted by atomic mass is 10.0. The van der Waals surface area contributed by atoms with E-state index in [1.54, 1.807) is 60.7 Å². The van der Waals surface area contributed by atoms with Gasteiger partial charge in [0, 0.05) is 27.5 Å². The average molecular weight is 483 g/mol. The Balaban J connectivity index is 1.49. The molecular formula is C25H17Cl2FN2O3. The van der Waals surface area contributed by atoms with E-state index in [9.17, 15) is 14.0 Å². The molecule has 0 spiro atoms. The summed E-state index contributed by atoms with van der Waals surface area (Å²) in [6.07, 6.45) is 0. The van der Waals surface area contributed by atoms with Crippen molar-refractivity contribution in [3.05, 3.63) is 99.8 Å². The Bertz CT molecular complexity index is 1340. The van der Waals surface area contributed by atoms with E-state index in [-0.39, 0.29) is 17.9 Å². The van der Waals surface area contributed by atoms with Gasteiger partial charge >= 0.3 is 5.97 Å². The third-order valence-corrected chi connectivity index (χ3v) is 5.49. The zero-order valence-electron chi connectivity index (χ0n) is 17.1. The number of hydrogen-bond donors (Lipinski definition) is 1. The number of nitrogens with one attached hydrogen (secondary N) is 1. The van der Waals surface area contributed by atoms with Crippen molar-refractivity contribution in [3.8, 4) is 11.3 Å². The van der Waals surface area contributed by atoms with Crippen molar-refractivity contribution >= 4 is 46.0 Å². The van der Waals surface area contributed by atoms with Gasteiger partial charge in [0.1, 0.15) is 5.82 Å². The zero-order valence-corrected chi connectivity index (χ0v) is 18.7. The number of aromatic nitrogens is 1. The molecule has 1 amide bonds. The highest BCUT2D eigenvalue weighted by Gasteiger charge is 2.17. The van der Waals surface area contributed by atoms with E-state index in [4.69, 9.17) is 27.9 Å². The van der Waals surface area contributed by atoms with Crippen molar-refractivity contribution in [2.24, 2.45) is 0 Å². The Kier molecular flexibility index (Phi) is 6.87. The summed E-state index contributed by atoms with van der Waals surface area (Å²) in [5, 5.41) is 4.16. The molecule has 1 N–H and O–H groups in total. The summed E-state index contributed by atoms with van der Waals surface area (Å²) in [5.41, 5.74) is 2.66. The summed E-state index contributed by atoms with van der Waals surface area (Å²) in [4.78, 5) is 29.6. The fourth-order valence-corrected chi connectivity index (χ4v) is 3.71. The van der Waals surface area contributed by atoms with Crippen LogP contribution in [0.1, 0.15) is 15.9 Å². The lowest BCUT2D eigenvalue weighted by Gasteiger charge is -2.11. The molecule has 0 radical (unpaired) electrons. The second-order valence-electron chi connectivity index (χ2n) is 7.17. The third-order valence-electron chi connectivity index (χ3n) is 4.90. The number of para-hydroxylation sites is 1. The fourth-order valence-electron chi connectivity index (χ4n) is 3.23. The van der Waals surface area contributed by atoms with Crippen LogP contribution in [0.25, 0.3) is 22.2 Å². The van der Waals surface area contributed by atoms with Gasteiger partial charge in [0.25, 0.3) is 5.91 Å². The van der Waals surface area contributed by atoms with Crippen LogP contribution in [0.3, 0.4) is 0 Å². The lowest BCUT2D eigenvalue weighted by molar-refractivity contribution is -0.124. The van der Waals surface area contributed by atoms with Gasteiger partial charge in [0.15, 0.2) is 6.61 Å². The molecule has 0 aliphatic heterocycles. The van der Waals surface area contributed by atoms with E-state index < -0.39 is 18.5 Å². The molecule has 0 atom stereocenters. The first-order valence-electron chi connectivity index (χ1n) is 9.94. The summed E-state index contributed by atoms with van der Waals surface area (Å²) in [6, 6.07) is 19.4. The number of carbonyl (C=O) groups is 2. The van der Waals surface area contributed by atoms with Gasteiger partial charge in [-0.1, -0.05) is 47.5 Å². The number of carbonyl (C=O) groups excluding carboxylic acids is 2. The smallest absolute Gasteiger partial charge is 0.339 e. The highest BCUT2D eigenvalue weighted by atomic mass is 35.5. The van der Waals surface area contributed by atoms with Gasteiger partial charge in [0.2, 0.25) is 0 Å². The number of hydrogen-bond acceptors (Lipinski definition) is 4. The minimum absolute atomic E-state index is 0.166. The molecule has 1 aromatic heterocycles. The van der Waals surface area contributed by atoms with E-state index in [0.29, 0.717) is 37.8 Å². The van der Waals surface area contributed by atoms with Crippen LogP contribution < -0.4 is 5.32 Å². The van der Waals surface area contributed by atoms with Gasteiger partial charge in [-0.15, -0.1) is 0 Å². The number of ether oxygens (including phenoxy) is 1. The maximum absolute atomic E-state index is 13.3. The van der Waals surface area contributed by atoms with E-state index in [1.165, 1.54) is 12.1 Å². The van der Waals surface area contributed by atoms with Crippen molar-refractivity contribution in [2.75, 3.05) is 6.61 Å². The lowest BCUT2D eigenvalue weighted by Crippen LogP contribution is -2.28. The van der Waals surface area contributed by atoms with Crippen LogP contribution in [0.5, 0.6) is 0 Å². The van der Waals surface area contributed by atoms with Crippen LogP contribution in [0, 0.1) is 5.82 Å². The molecule has 1 heterocycles. The van der Waals surface area contributed by atoms with Gasteiger partial charge in [-0.05, 0) is 54.1 Å². The SMILES string of the molecule is O=C(COC(=O)c1cc(-c2ccc(F)cc2)nc2ccccc12)NCc1ccc(Cl)cc1Cl. The Morgan fingerprint density at radius 1 is 0.970 bits per heavy atom. The number of esters is 1. The summed E-state index contributed by atoms with van der Waals surface area (Å²) in [6.45, 7) is -0.300. The van der Waals surface area contributed by atoms with Crippen LogP contribution >= 0.6 is 23.2 Å². The second-order valence-corrected chi connectivity index (χ2v) is 8.01. The Hall–Kier alpha value is -3.48. The largest absolute Gasteiger partial charge is 0.452 e. The molecule has 0 aliphatic carbocycles. The standard InChI is InChI=1S/C25H17Cl2FN2O3/c26-17-8-5-16(21(27)11-17)13-29-24(31)14-33-25(32)20-12-23(15-6-9-18(28)10-7-15)30-22-4-2-1-3-19(20)22/h1-12H,13-14H2,(H,29,31). The van der Waals surface area contributed by atoms with Crippen LogP contribution in [0.4, 0.5) is 4.39 Å². The molecule has 33 heavy (non-hydrogen) atoms. The molecule has 0 saturated carbocycles. The van der Waals surface area contributed by atoms with Gasteiger partial charge < -0.3 is 10.1 Å². The van der Waals surface area contributed by atoms with Crippen LogP contribution in [-0.2, 0) is 16.1 Å². The third kappa shape index (κ3) is 5.48. The monoisotopic (exact) mass is 482 g/mol. The molecule has 4 aromatic rings.